The zero-order chi connectivity index (χ0) is 17.4. The van der Waals surface area contributed by atoms with Crippen LogP contribution in [0.25, 0.3) is 0 Å². The summed E-state index contributed by atoms with van der Waals surface area (Å²) < 4.78 is 31.7. The second-order valence-electron chi connectivity index (χ2n) is 6.18. The Labute approximate surface area is 147 Å². The molecule has 0 spiro atoms. The number of rotatable bonds is 6. The Morgan fingerprint density at radius 1 is 1.12 bits per heavy atom. The predicted molar refractivity (Wildman–Crippen MR) is 95.0 cm³/mol. The third-order valence-corrected chi connectivity index (χ3v) is 7.40. The Bertz CT molecular complexity index is 808. The number of benzene rings is 2. The van der Waals surface area contributed by atoms with Crippen LogP contribution in [0.5, 0.6) is 0 Å². The monoisotopic (exact) mass is 365 g/mol. The molecule has 3 rings (SSSR count). The lowest BCUT2D eigenvalue weighted by Crippen LogP contribution is -2.28. The molecule has 0 aromatic heterocycles. The van der Waals surface area contributed by atoms with E-state index in [0.717, 1.165) is 5.56 Å². The molecule has 0 saturated heterocycles. The maximum absolute atomic E-state index is 13.2. The van der Waals surface area contributed by atoms with E-state index in [1.54, 1.807) is 31.4 Å². The highest BCUT2D eigenvalue weighted by molar-refractivity contribution is 7.92. The van der Waals surface area contributed by atoms with Crippen LogP contribution in [-0.4, -0.2) is 33.9 Å². The average Bonchev–Trinajstić information content (AvgIpc) is 3.26. The molecular formula is C18H20ClNO3S. The number of hydrogen-bond acceptors (Lipinski definition) is 4. The molecule has 2 aromatic carbocycles. The topological polar surface area (TPSA) is 69.4 Å². The molecule has 128 valence electrons. The summed E-state index contributed by atoms with van der Waals surface area (Å²) in [7, 11) is -1.97. The van der Waals surface area contributed by atoms with Crippen LogP contribution >= 0.6 is 11.6 Å². The molecule has 1 aliphatic carbocycles. The van der Waals surface area contributed by atoms with Gasteiger partial charge in [0, 0.05) is 30.0 Å². The number of sulfone groups is 1. The van der Waals surface area contributed by atoms with Gasteiger partial charge in [-0.15, -0.1) is 0 Å². The number of ether oxygens (including phenoxy) is 1. The van der Waals surface area contributed by atoms with Crippen molar-refractivity contribution < 1.29 is 13.2 Å². The SMILES string of the molecule is COC[C@@]1(CN)[C@H](S(=O)(=O)c2ccc(Cl)cc2)[C@@H]1c1ccccc1. The van der Waals surface area contributed by atoms with Gasteiger partial charge in [-0.2, -0.15) is 0 Å². The second-order valence-corrected chi connectivity index (χ2v) is 8.68. The molecule has 24 heavy (non-hydrogen) atoms. The first-order valence-electron chi connectivity index (χ1n) is 7.71. The van der Waals surface area contributed by atoms with Crippen LogP contribution in [0.1, 0.15) is 11.5 Å². The summed E-state index contributed by atoms with van der Waals surface area (Å²) in [5.41, 5.74) is 6.38. The van der Waals surface area contributed by atoms with E-state index >= 15 is 0 Å². The van der Waals surface area contributed by atoms with Gasteiger partial charge in [0.05, 0.1) is 16.8 Å². The van der Waals surface area contributed by atoms with Crippen molar-refractivity contribution in [3.05, 3.63) is 65.2 Å². The molecule has 0 radical (unpaired) electrons. The van der Waals surface area contributed by atoms with Crippen molar-refractivity contribution in [3.8, 4) is 0 Å². The number of nitrogens with two attached hydrogens (primary N) is 1. The third-order valence-electron chi connectivity index (χ3n) is 4.81. The van der Waals surface area contributed by atoms with Crippen LogP contribution in [0.3, 0.4) is 0 Å². The lowest BCUT2D eigenvalue weighted by molar-refractivity contribution is 0.142. The molecule has 2 aromatic rings. The molecule has 3 atom stereocenters. The normalized spacial score (nSPS) is 26.3. The van der Waals surface area contributed by atoms with Crippen molar-refractivity contribution in [1.82, 2.24) is 0 Å². The second kappa shape index (κ2) is 6.48. The minimum atomic E-state index is -3.54. The summed E-state index contributed by atoms with van der Waals surface area (Å²) in [5.74, 6) is -0.177. The van der Waals surface area contributed by atoms with E-state index < -0.39 is 20.5 Å². The lowest BCUT2D eigenvalue weighted by atomic mass is 10.0. The van der Waals surface area contributed by atoms with Gasteiger partial charge >= 0.3 is 0 Å². The van der Waals surface area contributed by atoms with E-state index in [1.165, 1.54) is 0 Å². The molecule has 1 aliphatic rings. The van der Waals surface area contributed by atoms with Crippen molar-refractivity contribution >= 4 is 21.4 Å². The number of halogens is 1. The molecule has 0 unspecified atom stereocenters. The molecular weight excluding hydrogens is 346 g/mol. The van der Waals surface area contributed by atoms with Crippen LogP contribution in [0.15, 0.2) is 59.5 Å². The molecule has 0 aliphatic heterocycles. The summed E-state index contributed by atoms with van der Waals surface area (Å²) in [4.78, 5) is 0.268. The van der Waals surface area contributed by atoms with E-state index in [2.05, 4.69) is 0 Å². The standard InChI is InChI=1S/C18H20ClNO3S/c1-23-12-18(11-20)16(13-5-3-2-4-6-13)17(18)24(21,22)15-9-7-14(19)8-10-15/h2-10,16-17H,11-12,20H2,1H3/t16-,17+,18+/m0/s1. The highest BCUT2D eigenvalue weighted by Gasteiger charge is 2.70. The van der Waals surface area contributed by atoms with Crippen molar-refractivity contribution in [2.75, 3.05) is 20.3 Å². The predicted octanol–water partition coefficient (Wildman–Crippen LogP) is 2.87. The third kappa shape index (κ3) is 2.75. The van der Waals surface area contributed by atoms with E-state index in [-0.39, 0.29) is 17.4 Å². The van der Waals surface area contributed by atoms with Gasteiger partial charge in [-0.1, -0.05) is 41.9 Å². The average molecular weight is 366 g/mol. The van der Waals surface area contributed by atoms with Gasteiger partial charge in [-0.05, 0) is 29.8 Å². The first-order valence-corrected chi connectivity index (χ1v) is 9.63. The van der Waals surface area contributed by atoms with E-state index in [9.17, 15) is 8.42 Å². The smallest absolute Gasteiger partial charge is 0.182 e. The summed E-state index contributed by atoms with van der Waals surface area (Å²) in [6.07, 6.45) is 0. The fourth-order valence-corrected chi connectivity index (χ4v) is 6.19. The Hall–Kier alpha value is -1.40. The zero-order valence-corrected chi connectivity index (χ0v) is 14.9. The van der Waals surface area contributed by atoms with Gasteiger partial charge in [-0.25, -0.2) is 8.42 Å². The van der Waals surface area contributed by atoms with Crippen molar-refractivity contribution in [3.63, 3.8) is 0 Å². The summed E-state index contributed by atoms with van der Waals surface area (Å²) in [6, 6.07) is 15.9. The molecule has 2 N–H and O–H groups in total. The van der Waals surface area contributed by atoms with Gasteiger partial charge in [-0.3, -0.25) is 0 Å². The largest absolute Gasteiger partial charge is 0.384 e. The Kier molecular flexibility index (Phi) is 4.71. The fraction of sp³-hybridized carbons (Fsp3) is 0.333. The summed E-state index contributed by atoms with van der Waals surface area (Å²) in [6.45, 7) is 0.554. The minimum absolute atomic E-state index is 0.177. The molecule has 1 fully saturated rings. The summed E-state index contributed by atoms with van der Waals surface area (Å²) in [5, 5.41) is -0.0927. The van der Waals surface area contributed by atoms with Crippen LogP contribution in [-0.2, 0) is 14.6 Å². The van der Waals surface area contributed by atoms with Crippen LogP contribution in [0.4, 0.5) is 0 Å². The fourth-order valence-electron chi connectivity index (χ4n) is 3.62. The Balaban J connectivity index is 2.05. The molecule has 4 nitrogen and oxygen atoms in total. The Morgan fingerprint density at radius 2 is 1.75 bits per heavy atom. The zero-order valence-electron chi connectivity index (χ0n) is 13.4. The van der Waals surface area contributed by atoms with E-state index in [1.807, 2.05) is 30.3 Å². The van der Waals surface area contributed by atoms with Gasteiger partial charge in [0.25, 0.3) is 0 Å². The highest BCUT2D eigenvalue weighted by Crippen LogP contribution is 2.63. The highest BCUT2D eigenvalue weighted by atomic mass is 35.5. The van der Waals surface area contributed by atoms with E-state index in [0.29, 0.717) is 11.6 Å². The quantitative estimate of drug-likeness (QED) is 0.854. The van der Waals surface area contributed by atoms with Gasteiger partial charge in [0.1, 0.15) is 0 Å². The van der Waals surface area contributed by atoms with Gasteiger partial charge in [0.15, 0.2) is 9.84 Å². The Morgan fingerprint density at radius 3 is 2.29 bits per heavy atom. The summed E-state index contributed by atoms with van der Waals surface area (Å²) >= 11 is 5.88. The lowest BCUT2D eigenvalue weighted by Gasteiger charge is -2.15. The molecule has 0 amide bonds. The van der Waals surface area contributed by atoms with Crippen molar-refractivity contribution in [1.29, 1.82) is 0 Å². The van der Waals surface area contributed by atoms with Crippen molar-refractivity contribution in [2.24, 2.45) is 11.1 Å². The van der Waals surface area contributed by atoms with Crippen molar-refractivity contribution in [2.45, 2.75) is 16.1 Å². The van der Waals surface area contributed by atoms with Crippen LogP contribution in [0, 0.1) is 5.41 Å². The molecule has 0 bridgehead atoms. The maximum atomic E-state index is 13.2. The van der Waals surface area contributed by atoms with Crippen LogP contribution in [0.2, 0.25) is 5.02 Å². The van der Waals surface area contributed by atoms with Gasteiger partial charge in [0.2, 0.25) is 0 Å². The first kappa shape index (κ1) is 17.4. The number of hydrogen-bond donors (Lipinski definition) is 1. The van der Waals surface area contributed by atoms with Crippen LogP contribution < -0.4 is 5.73 Å². The molecule has 1 saturated carbocycles. The van der Waals surface area contributed by atoms with Gasteiger partial charge < -0.3 is 10.5 Å². The van der Waals surface area contributed by atoms with E-state index in [4.69, 9.17) is 22.1 Å². The maximum Gasteiger partial charge on any atom is 0.182 e. The molecule has 6 heteroatoms. The number of methoxy groups -OCH3 is 1. The molecule has 0 heterocycles. The minimum Gasteiger partial charge on any atom is -0.384 e. The first-order chi connectivity index (χ1) is 11.5.